The van der Waals surface area contributed by atoms with Crippen LogP contribution in [0.25, 0.3) is 0 Å². The molecule has 0 saturated carbocycles. The normalized spacial score (nSPS) is 23.6. The van der Waals surface area contributed by atoms with Crippen LogP contribution in [0.4, 0.5) is 8.78 Å². The zero-order valence-corrected chi connectivity index (χ0v) is 14.3. The second-order valence-electron chi connectivity index (χ2n) is 6.77. The third kappa shape index (κ3) is 3.38. The van der Waals surface area contributed by atoms with Crippen LogP contribution in [0.1, 0.15) is 29.6 Å². The Hall–Kier alpha value is -2.02. The first-order valence-electron chi connectivity index (χ1n) is 8.49. The molecular weight excluding hydrogens is 330 g/mol. The van der Waals surface area contributed by atoms with Crippen LogP contribution in [0.3, 0.4) is 0 Å². The fourth-order valence-electron chi connectivity index (χ4n) is 3.80. The summed E-state index contributed by atoms with van der Waals surface area (Å²) in [7, 11) is 1.60. The average molecular weight is 352 g/mol. The van der Waals surface area contributed by atoms with Gasteiger partial charge in [-0.2, -0.15) is 0 Å². The second kappa shape index (κ2) is 7.07. The Labute approximate surface area is 145 Å². The largest absolute Gasteiger partial charge is 0.383 e. The van der Waals surface area contributed by atoms with Crippen molar-refractivity contribution in [2.45, 2.75) is 19.3 Å². The maximum absolute atomic E-state index is 13.4. The zero-order chi connectivity index (χ0) is 18.0. The van der Waals surface area contributed by atoms with E-state index < -0.39 is 17.0 Å². The van der Waals surface area contributed by atoms with Crippen molar-refractivity contribution in [3.63, 3.8) is 0 Å². The van der Waals surface area contributed by atoms with Gasteiger partial charge in [0.1, 0.15) is 0 Å². The summed E-state index contributed by atoms with van der Waals surface area (Å²) >= 11 is 0. The molecule has 1 spiro atoms. The molecule has 25 heavy (non-hydrogen) atoms. The van der Waals surface area contributed by atoms with Gasteiger partial charge in [-0.15, -0.1) is 0 Å². The number of rotatable bonds is 4. The molecule has 1 aromatic carbocycles. The molecule has 1 atom stereocenters. The van der Waals surface area contributed by atoms with Crippen LogP contribution in [0.15, 0.2) is 18.2 Å². The molecule has 0 radical (unpaired) electrons. The minimum absolute atomic E-state index is 0.0661. The first kappa shape index (κ1) is 17.8. The molecule has 0 aromatic heterocycles. The van der Waals surface area contributed by atoms with Crippen molar-refractivity contribution >= 4 is 11.8 Å². The lowest BCUT2D eigenvalue weighted by molar-refractivity contribution is -0.146. The molecule has 2 aliphatic rings. The molecule has 3 rings (SSSR count). The van der Waals surface area contributed by atoms with Crippen molar-refractivity contribution in [2.24, 2.45) is 5.41 Å². The summed E-state index contributed by atoms with van der Waals surface area (Å²) in [6.07, 6.45) is 2.24. The van der Waals surface area contributed by atoms with E-state index in [4.69, 9.17) is 4.74 Å². The Bertz CT molecular complexity index is 682. The standard InChI is InChI=1S/C18H22F2N2O3/c1-25-10-9-21-7-2-5-18(17(21)24)6-8-22(12-18)16(23)13-3-4-14(19)15(20)11-13/h3-4,11H,2,5-10,12H2,1H3/t18-/m0/s1. The highest BCUT2D eigenvalue weighted by Crippen LogP contribution is 2.40. The summed E-state index contributed by atoms with van der Waals surface area (Å²) in [6.45, 7) is 2.52. The number of carbonyl (C=O) groups excluding carboxylic acids is 2. The number of likely N-dealkylation sites (tertiary alicyclic amines) is 2. The first-order chi connectivity index (χ1) is 12.0. The molecule has 7 heteroatoms. The third-order valence-corrected chi connectivity index (χ3v) is 5.20. The number of benzene rings is 1. The lowest BCUT2D eigenvalue weighted by Crippen LogP contribution is -2.51. The molecule has 0 bridgehead atoms. The molecule has 2 fully saturated rings. The minimum atomic E-state index is -1.04. The predicted octanol–water partition coefficient (Wildman–Crippen LogP) is 2.07. The molecule has 1 aromatic rings. The molecule has 0 aliphatic carbocycles. The molecule has 5 nitrogen and oxygen atoms in total. The number of nitrogens with zero attached hydrogens (tertiary/aromatic N) is 2. The fraction of sp³-hybridized carbons (Fsp3) is 0.556. The minimum Gasteiger partial charge on any atom is -0.383 e. The second-order valence-corrected chi connectivity index (χ2v) is 6.77. The van der Waals surface area contributed by atoms with Gasteiger partial charge in [-0.05, 0) is 37.5 Å². The molecule has 2 aliphatic heterocycles. The highest BCUT2D eigenvalue weighted by atomic mass is 19.2. The summed E-state index contributed by atoms with van der Waals surface area (Å²) in [5.41, 5.74) is -0.448. The van der Waals surface area contributed by atoms with Crippen LogP contribution in [0, 0.1) is 17.0 Å². The highest BCUT2D eigenvalue weighted by Gasteiger charge is 2.49. The van der Waals surface area contributed by atoms with Crippen LogP contribution in [-0.4, -0.2) is 61.5 Å². The monoisotopic (exact) mass is 352 g/mol. The number of hydrogen-bond acceptors (Lipinski definition) is 3. The summed E-state index contributed by atoms with van der Waals surface area (Å²) in [6, 6.07) is 3.14. The quantitative estimate of drug-likeness (QED) is 0.834. The molecule has 2 heterocycles. The van der Waals surface area contributed by atoms with Crippen LogP contribution in [-0.2, 0) is 9.53 Å². The molecule has 136 valence electrons. The van der Waals surface area contributed by atoms with Gasteiger partial charge in [-0.3, -0.25) is 9.59 Å². The number of hydrogen-bond donors (Lipinski definition) is 0. The van der Waals surface area contributed by atoms with Crippen LogP contribution in [0.5, 0.6) is 0 Å². The van der Waals surface area contributed by atoms with Crippen molar-refractivity contribution < 1.29 is 23.1 Å². The van der Waals surface area contributed by atoms with Crippen molar-refractivity contribution in [1.82, 2.24) is 9.80 Å². The molecule has 2 saturated heterocycles. The maximum atomic E-state index is 13.4. The molecule has 0 unspecified atom stereocenters. The Morgan fingerprint density at radius 1 is 1.24 bits per heavy atom. The van der Waals surface area contributed by atoms with Gasteiger partial charge in [0.25, 0.3) is 5.91 Å². The number of amides is 2. The van der Waals surface area contributed by atoms with Crippen molar-refractivity contribution in [3.8, 4) is 0 Å². The SMILES string of the molecule is COCCN1CCC[C@@]2(CCN(C(=O)c3ccc(F)c(F)c3)C2)C1=O. The summed E-state index contributed by atoms with van der Waals surface area (Å²) in [5.74, 6) is -2.32. The van der Waals surface area contributed by atoms with Crippen LogP contribution < -0.4 is 0 Å². The van der Waals surface area contributed by atoms with E-state index >= 15 is 0 Å². The molecular formula is C18H22F2N2O3. The van der Waals surface area contributed by atoms with Gasteiger partial charge in [0, 0.05) is 38.9 Å². The number of halogens is 2. The van der Waals surface area contributed by atoms with Gasteiger partial charge in [0.15, 0.2) is 11.6 Å². The van der Waals surface area contributed by atoms with E-state index in [1.807, 2.05) is 0 Å². The van der Waals surface area contributed by atoms with E-state index in [2.05, 4.69) is 0 Å². The van der Waals surface area contributed by atoms with E-state index in [1.54, 1.807) is 16.9 Å². The van der Waals surface area contributed by atoms with Crippen LogP contribution >= 0.6 is 0 Å². The lowest BCUT2D eigenvalue weighted by atomic mass is 9.78. The molecule has 0 N–H and O–H groups in total. The average Bonchev–Trinajstić information content (AvgIpc) is 3.03. The lowest BCUT2D eigenvalue weighted by Gasteiger charge is -2.39. The van der Waals surface area contributed by atoms with E-state index in [9.17, 15) is 18.4 Å². The van der Waals surface area contributed by atoms with Crippen LogP contribution in [0.2, 0.25) is 0 Å². The zero-order valence-electron chi connectivity index (χ0n) is 14.3. The number of carbonyl (C=O) groups is 2. The first-order valence-corrected chi connectivity index (χ1v) is 8.49. The topological polar surface area (TPSA) is 49.9 Å². The van der Waals surface area contributed by atoms with E-state index in [0.717, 1.165) is 25.0 Å². The maximum Gasteiger partial charge on any atom is 0.253 e. The predicted molar refractivity (Wildman–Crippen MR) is 87.0 cm³/mol. The van der Waals surface area contributed by atoms with Crippen molar-refractivity contribution in [3.05, 3.63) is 35.4 Å². The van der Waals surface area contributed by atoms with Crippen molar-refractivity contribution in [2.75, 3.05) is 39.9 Å². The van der Waals surface area contributed by atoms with Gasteiger partial charge in [0.2, 0.25) is 5.91 Å². The number of methoxy groups -OCH3 is 1. The van der Waals surface area contributed by atoms with Gasteiger partial charge >= 0.3 is 0 Å². The van der Waals surface area contributed by atoms with Gasteiger partial charge in [0.05, 0.1) is 12.0 Å². The fourth-order valence-corrected chi connectivity index (χ4v) is 3.80. The number of ether oxygens (including phenoxy) is 1. The number of piperidine rings is 1. The Balaban J connectivity index is 1.72. The van der Waals surface area contributed by atoms with E-state index in [1.165, 1.54) is 6.07 Å². The van der Waals surface area contributed by atoms with Crippen molar-refractivity contribution in [1.29, 1.82) is 0 Å². The van der Waals surface area contributed by atoms with E-state index in [-0.39, 0.29) is 17.4 Å². The molecule has 2 amide bonds. The van der Waals surface area contributed by atoms with Gasteiger partial charge in [-0.25, -0.2) is 8.78 Å². The summed E-state index contributed by atoms with van der Waals surface area (Å²) < 4.78 is 31.5. The van der Waals surface area contributed by atoms with Gasteiger partial charge in [-0.1, -0.05) is 0 Å². The Morgan fingerprint density at radius 2 is 2.04 bits per heavy atom. The third-order valence-electron chi connectivity index (χ3n) is 5.20. The Kier molecular flexibility index (Phi) is 5.03. The smallest absolute Gasteiger partial charge is 0.253 e. The van der Waals surface area contributed by atoms with E-state index in [0.29, 0.717) is 39.2 Å². The summed E-state index contributed by atoms with van der Waals surface area (Å²) in [5, 5.41) is 0. The van der Waals surface area contributed by atoms with Gasteiger partial charge < -0.3 is 14.5 Å². The highest BCUT2D eigenvalue weighted by molar-refractivity contribution is 5.95. The summed E-state index contributed by atoms with van der Waals surface area (Å²) in [4.78, 5) is 28.8. The Morgan fingerprint density at radius 3 is 2.76 bits per heavy atom.